The molecule has 1 nitrogen and oxygen atoms in total. The van der Waals surface area contributed by atoms with Gasteiger partial charge in [-0.1, -0.05) is 31.6 Å². The zero-order valence-corrected chi connectivity index (χ0v) is 13.5. The molecule has 0 unspecified atom stereocenters. The van der Waals surface area contributed by atoms with E-state index in [2.05, 4.69) is 41.1 Å². The lowest BCUT2D eigenvalue weighted by Gasteiger charge is -2.25. The molecule has 1 aliphatic carbocycles. The number of benzene rings is 1. The Labute approximate surface area is 135 Å². The molecule has 0 N–H and O–H groups in total. The third-order valence-corrected chi connectivity index (χ3v) is 4.24. The predicted molar refractivity (Wildman–Crippen MR) is 88.3 cm³/mol. The van der Waals surface area contributed by atoms with E-state index in [0.29, 0.717) is 0 Å². The monoisotopic (exact) mass is 319 g/mol. The topological polar surface area (TPSA) is 12.4 Å². The van der Waals surface area contributed by atoms with Crippen molar-refractivity contribution in [3.8, 4) is 11.8 Å². The van der Waals surface area contributed by atoms with Gasteiger partial charge in [0.1, 0.15) is 11.6 Å². The first kappa shape index (κ1) is 16.8. The van der Waals surface area contributed by atoms with Crippen molar-refractivity contribution in [1.82, 2.24) is 0 Å². The van der Waals surface area contributed by atoms with Crippen LogP contribution in [0.2, 0.25) is 0 Å². The van der Waals surface area contributed by atoms with Gasteiger partial charge >= 0.3 is 0 Å². The maximum Gasteiger partial charge on any atom is 0.143 e. The Morgan fingerprint density at radius 3 is 2.36 bits per heavy atom. The third kappa shape index (κ3) is 4.47. The Hall–Kier alpha value is -1.56. The van der Waals surface area contributed by atoms with Gasteiger partial charge in [-0.2, -0.15) is 4.99 Å². The molecule has 1 aliphatic rings. The second-order valence-corrected chi connectivity index (χ2v) is 5.95. The van der Waals surface area contributed by atoms with Crippen LogP contribution in [0, 0.1) is 35.3 Å². The number of isothiocyanates is 1. The van der Waals surface area contributed by atoms with Gasteiger partial charge in [-0.25, -0.2) is 8.78 Å². The van der Waals surface area contributed by atoms with Crippen molar-refractivity contribution in [3.05, 3.63) is 29.3 Å². The van der Waals surface area contributed by atoms with Crippen LogP contribution in [0.25, 0.3) is 0 Å². The Morgan fingerprint density at radius 1 is 1.18 bits per heavy atom. The number of thiocarbonyl (C=S) groups is 1. The molecule has 0 bridgehead atoms. The van der Waals surface area contributed by atoms with Crippen molar-refractivity contribution in [2.24, 2.45) is 16.8 Å². The van der Waals surface area contributed by atoms with E-state index in [1.54, 1.807) is 0 Å². The maximum atomic E-state index is 13.9. The summed E-state index contributed by atoms with van der Waals surface area (Å²) in [6.45, 7) is 2.20. The largest absolute Gasteiger partial charge is 0.205 e. The van der Waals surface area contributed by atoms with E-state index in [9.17, 15) is 8.78 Å². The molecular formula is C18H19F2NS. The molecule has 22 heavy (non-hydrogen) atoms. The minimum Gasteiger partial charge on any atom is -0.205 e. The molecule has 0 radical (unpaired) electrons. The van der Waals surface area contributed by atoms with E-state index < -0.39 is 11.6 Å². The summed E-state index contributed by atoms with van der Waals surface area (Å²) in [5.74, 6) is 5.36. The van der Waals surface area contributed by atoms with Crippen LogP contribution in [0.15, 0.2) is 17.1 Å². The molecule has 0 heterocycles. The van der Waals surface area contributed by atoms with Gasteiger partial charge in [-0.05, 0) is 43.8 Å². The number of hydrogen-bond donors (Lipinski definition) is 0. The van der Waals surface area contributed by atoms with Gasteiger partial charge in [-0.3, -0.25) is 0 Å². The standard InChI is InChI=1S/C18H19F2NS/c1-2-3-13-4-6-14(7-5-13)8-9-16-17(19)10-15(21-12-22)11-18(16)20/h10-11,13-14H,2-7H2,1H3. The average molecular weight is 319 g/mol. The molecule has 0 atom stereocenters. The van der Waals surface area contributed by atoms with Crippen LogP contribution in [-0.4, -0.2) is 5.16 Å². The number of rotatable bonds is 3. The summed E-state index contributed by atoms with van der Waals surface area (Å²) in [6.07, 6.45) is 6.86. The molecule has 2 rings (SSSR count). The fourth-order valence-electron chi connectivity index (χ4n) is 2.97. The minimum atomic E-state index is -0.698. The Balaban J connectivity index is 2.08. The van der Waals surface area contributed by atoms with Crippen LogP contribution >= 0.6 is 12.2 Å². The molecule has 1 aromatic rings. The molecule has 1 aromatic carbocycles. The zero-order chi connectivity index (χ0) is 15.9. The van der Waals surface area contributed by atoms with E-state index in [4.69, 9.17) is 0 Å². The molecular weight excluding hydrogens is 300 g/mol. The molecule has 0 amide bonds. The van der Waals surface area contributed by atoms with Gasteiger partial charge in [0.05, 0.1) is 16.4 Å². The molecule has 0 saturated heterocycles. The van der Waals surface area contributed by atoms with E-state index in [-0.39, 0.29) is 17.2 Å². The fourth-order valence-corrected chi connectivity index (χ4v) is 3.08. The Bertz CT molecular complexity index is 607. The second-order valence-electron chi connectivity index (χ2n) is 5.76. The molecule has 0 aliphatic heterocycles. The van der Waals surface area contributed by atoms with E-state index in [1.165, 1.54) is 25.7 Å². The summed E-state index contributed by atoms with van der Waals surface area (Å²) < 4.78 is 27.8. The van der Waals surface area contributed by atoms with Crippen LogP contribution in [0.1, 0.15) is 51.0 Å². The lowest BCUT2D eigenvalue weighted by molar-refractivity contribution is 0.300. The first-order chi connectivity index (χ1) is 10.6. The average Bonchev–Trinajstić information content (AvgIpc) is 2.49. The first-order valence-electron chi connectivity index (χ1n) is 7.72. The van der Waals surface area contributed by atoms with Crippen LogP contribution in [0.3, 0.4) is 0 Å². The van der Waals surface area contributed by atoms with Gasteiger partial charge in [0, 0.05) is 18.1 Å². The van der Waals surface area contributed by atoms with Crippen molar-refractivity contribution < 1.29 is 8.78 Å². The van der Waals surface area contributed by atoms with Gasteiger partial charge in [0.2, 0.25) is 0 Å². The molecule has 1 fully saturated rings. The van der Waals surface area contributed by atoms with Crippen LogP contribution in [-0.2, 0) is 0 Å². The smallest absolute Gasteiger partial charge is 0.143 e. The van der Waals surface area contributed by atoms with Crippen molar-refractivity contribution in [3.63, 3.8) is 0 Å². The zero-order valence-electron chi connectivity index (χ0n) is 12.7. The SMILES string of the molecule is CCCC1CCC(C#Cc2c(F)cc(N=C=S)cc2F)CC1. The van der Waals surface area contributed by atoms with Crippen LogP contribution in [0.4, 0.5) is 14.5 Å². The number of nitrogens with zero attached hydrogens (tertiary/aromatic N) is 1. The first-order valence-corrected chi connectivity index (χ1v) is 8.13. The van der Waals surface area contributed by atoms with Gasteiger partial charge < -0.3 is 0 Å². The highest BCUT2D eigenvalue weighted by atomic mass is 32.1. The predicted octanol–water partition coefficient (Wildman–Crippen LogP) is 5.66. The number of hydrogen-bond acceptors (Lipinski definition) is 2. The van der Waals surface area contributed by atoms with Crippen LogP contribution < -0.4 is 0 Å². The number of halogens is 2. The maximum absolute atomic E-state index is 13.9. The van der Waals surface area contributed by atoms with Crippen LogP contribution in [0.5, 0.6) is 0 Å². The Kier molecular flexibility index (Phi) is 6.24. The summed E-state index contributed by atoms with van der Waals surface area (Å²) in [5, 5.41) is 2.09. The van der Waals surface area contributed by atoms with Gasteiger partial charge in [0.15, 0.2) is 0 Å². The summed E-state index contributed by atoms with van der Waals surface area (Å²) in [5.41, 5.74) is -0.0605. The highest BCUT2D eigenvalue weighted by molar-refractivity contribution is 7.78. The quantitative estimate of drug-likeness (QED) is 0.398. The van der Waals surface area contributed by atoms with E-state index in [1.807, 2.05) is 0 Å². The fraction of sp³-hybridized carbons (Fsp3) is 0.500. The number of aliphatic imine (C=N–C) groups is 1. The van der Waals surface area contributed by atoms with Gasteiger partial charge in [0.25, 0.3) is 0 Å². The summed E-state index contributed by atoms with van der Waals surface area (Å²) >= 11 is 4.43. The molecule has 116 valence electrons. The lowest BCUT2D eigenvalue weighted by Crippen LogP contribution is -2.13. The summed E-state index contributed by atoms with van der Waals surface area (Å²) in [4.78, 5) is 3.58. The van der Waals surface area contributed by atoms with Gasteiger partial charge in [-0.15, -0.1) is 0 Å². The Morgan fingerprint density at radius 2 is 1.82 bits per heavy atom. The molecule has 0 aromatic heterocycles. The van der Waals surface area contributed by atoms with Crippen molar-refractivity contribution in [1.29, 1.82) is 0 Å². The molecule has 0 spiro atoms. The lowest BCUT2D eigenvalue weighted by atomic mass is 9.80. The van der Waals surface area contributed by atoms with E-state index in [0.717, 1.165) is 30.9 Å². The van der Waals surface area contributed by atoms with Crippen molar-refractivity contribution >= 4 is 23.1 Å². The highest BCUT2D eigenvalue weighted by Crippen LogP contribution is 2.31. The molecule has 4 heteroatoms. The highest BCUT2D eigenvalue weighted by Gasteiger charge is 2.19. The van der Waals surface area contributed by atoms with Crippen molar-refractivity contribution in [2.45, 2.75) is 45.4 Å². The minimum absolute atomic E-state index is 0.121. The normalized spacial score (nSPS) is 20.7. The van der Waals surface area contributed by atoms with Crippen molar-refractivity contribution in [2.75, 3.05) is 0 Å². The molecule has 1 saturated carbocycles. The van der Waals surface area contributed by atoms with E-state index >= 15 is 0 Å². The summed E-state index contributed by atoms with van der Waals surface area (Å²) in [7, 11) is 0. The summed E-state index contributed by atoms with van der Waals surface area (Å²) in [6, 6.07) is 2.26. The second kappa shape index (κ2) is 8.17. The third-order valence-electron chi connectivity index (χ3n) is 4.15.